The highest BCUT2D eigenvalue weighted by Gasteiger charge is 2.38. The van der Waals surface area contributed by atoms with Gasteiger partial charge in [0.25, 0.3) is 0 Å². The number of aromatic hydroxyl groups is 1. The minimum absolute atomic E-state index is 0.00202. The van der Waals surface area contributed by atoms with E-state index in [2.05, 4.69) is 94.7 Å². The topological polar surface area (TPSA) is 706 Å². The number of amides is 18. The van der Waals surface area contributed by atoms with Gasteiger partial charge in [-0.25, -0.2) is 4.98 Å². The standard InChI is InChI=1S/C74H108N24O19S/c1-36(2)26-50(70(114)91-45(62(78)106)23-25-118-6)95-71(115)53(29-41-32-81-35-86-41)89-60(105)34-85-73(117)61(37(3)4)98-63(107)38(5)87-69(113)52(28-40-31-83-44-11-8-7-10-43(40)44)97-68(112)49(18-21-56(76)101)94-72(116)54(30-57(77)102)90-59(104)33-84-64(108)51(27-39-13-15-42(99)16-14-39)96-65(109)46(12-9-24-82-74(79)80)92-67(111)48(17-20-55(75)100)93-66(110)47-19-22-58(103)88-47/h7-8,10-11,13-16,31-32,35-38,45-54,61,83,99H,9,12,17-30,33-34H2,1-6H3,(H2,75,100)(H2,76,101)(H2,77,102)(H2,78,106)(H,81,86)(H,84,108)(H,85,117)(H,87,113)(H,88,103)(H,89,105)(H,90,104)(H,91,114)(H,92,111)(H,93,110)(H,94,116)(H,95,115)(H,96,109)(H,97,112)(H,98,107)(H4,79,80,82). The number of thioether (sulfide) groups is 1. The quantitative estimate of drug-likeness (QED) is 0.0111. The number of H-pyrrole nitrogens is 2. The van der Waals surface area contributed by atoms with E-state index in [1.54, 1.807) is 44.3 Å². The monoisotopic (exact) mass is 1670 g/mol. The van der Waals surface area contributed by atoms with Gasteiger partial charge in [0.15, 0.2) is 5.96 Å². The highest BCUT2D eigenvalue weighted by molar-refractivity contribution is 7.98. The van der Waals surface area contributed by atoms with Gasteiger partial charge < -0.3 is 123 Å². The molecule has 3 heterocycles. The van der Waals surface area contributed by atoms with Crippen molar-refractivity contribution in [2.24, 2.45) is 40.5 Å². The number of carbonyl (C=O) groups excluding carboxylic acids is 18. The Kier molecular flexibility index (Phi) is 38.8. The lowest BCUT2D eigenvalue weighted by Crippen LogP contribution is -2.60. The van der Waals surface area contributed by atoms with Crippen molar-refractivity contribution >= 4 is 135 Å². The molecule has 43 nitrogen and oxygen atoms in total. The third kappa shape index (κ3) is 33.1. The predicted octanol–water partition coefficient (Wildman–Crippen LogP) is -6.90. The van der Waals surface area contributed by atoms with Crippen molar-refractivity contribution < 1.29 is 91.4 Å². The molecule has 1 fully saturated rings. The molecule has 0 spiro atoms. The summed E-state index contributed by atoms with van der Waals surface area (Å²) in [5.74, 6) is -17.7. The highest BCUT2D eigenvalue weighted by Crippen LogP contribution is 2.21. The lowest BCUT2D eigenvalue weighted by molar-refractivity contribution is -0.136. The van der Waals surface area contributed by atoms with Crippen molar-refractivity contribution in [2.45, 2.75) is 197 Å². The minimum Gasteiger partial charge on any atom is -0.508 e. The number of fused-ring (bicyclic) bond motifs is 1. The van der Waals surface area contributed by atoms with Crippen molar-refractivity contribution in [1.29, 1.82) is 5.41 Å². The van der Waals surface area contributed by atoms with Crippen LogP contribution in [-0.2, 0) is 106 Å². The van der Waals surface area contributed by atoms with Gasteiger partial charge in [0, 0.05) is 74.1 Å². The molecule has 1 saturated heterocycles. The molecule has 2 aromatic carbocycles. The normalized spacial score (nSPS) is 15.1. The van der Waals surface area contributed by atoms with Crippen molar-refractivity contribution in [3.05, 3.63) is 84.1 Å². The Hall–Kier alpha value is -12.9. The van der Waals surface area contributed by atoms with Gasteiger partial charge in [-0.2, -0.15) is 11.8 Å². The van der Waals surface area contributed by atoms with Crippen molar-refractivity contribution in [1.82, 2.24) is 94.7 Å². The number of nitrogens with two attached hydrogens (primary N) is 5. The summed E-state index contributed by atoms with van der Waals surface area (Å²) in [6.07, 6.45) is 2.74. The Labute approximate surface area is 682 Å². The summed E-state index contributed by atoms with van der Waals surface area (Å²) >= 11 is 1.43. The van der Waals surface area contributed by atoms with Gasteiger partial charge in [-0.1, -0.05) is 58.0 Å². The molecular weight excluding hydrogens is 1560 g/mol. The maximum atomic E-state index is 14.6. The molecule has 12 atom stereocenters. The van der Waals surface area contributed by atoms with Gasteiger partial charge in [0.1, 0.15) is 78.3 Å². The summed E-state index contributed by atoms with van der Waals surface area (Å²) in [5, 5.41) is 55.6. The fraction of sp³-hybridized carbons (Fsp3) is 0.514. The summed E-state index contributed by atoms with van der Waals surface area (Å²) in [6, 6.07) is -5.26. The van der Waals surface area contributed by atoms with E-state index in [1.165, 1.54) is 55.5 Å². The average molecular weight is 1670 g/mol. The Morgan fingerprint density at radius 3 is 1.62 bits per heavy atom. The summed E-state index contributed by atoms with van der Waals surface area (Å²) in [5.41, 5.74) is 29.3. The van der Waals surface area contributed by atoms with Gasteiger partial charge in [-0.05, 0) is 105 Å². The molecule has 0 bridgehead atoms. The molecule has 644 valence electrons. The molecular formula is C74H108N24O19S. The summed E-state index contributed by atoms with van der Waals surface area (Å²) < 4.78 is 0. The molecule has 1 aliphatic rings. The molecule has 0 aliphatic carbocycles. The molecule has 2 aromatic heterocycles. The molecule has 44 heteroatoms. The Morgan fingerprint density at radius 2 is 1.07 bits per heavy atom. The fourth-order valence-corrected chi connectivity index (χ4v) is 12.6. The van der Waals surface area contributed by atoms with E-state index in [0.717, 1.165) is 0 Å². The maximum Gasteiger partial charge on any atom is 0.243 e. The van der Waals surface area contributed by atoms with Crippen molar-refractivity contribution in [3.63, 3.8) is 0 Å². The fourth-order valence-electron chi connectivity index (χ4n) is 12.1. The number of imidazole rings is 1. The van der Waals surface area contributed by atoms with E-state index in [4.69, 9.17) is 34.1 Å². The molecule has 4 aromatic rings. The van der Waals surface area contributed by atoms with Crippen LogP contribution in [0.5, 0.6) is 5.75 Å². The molecule has 1 aliphatic heterocycles. The number of benzene rings is 2. The number of hydrogen-bond donors (Lipinski definition) is 24. The van der Waals surface area contributed by atoms with E-state index in [9.17, 15) is 91.4 Å². The van der Waals surface area contributed by atoms with Crippen LogP contribution in [0.2, 0.25) is 0 Å². The van der Waals surface area contributed by atoms with Crippen LogP contribution in [0.15, 0.2) is 67.3 Å². The molecule has 29 N–H and O–H groups in total. The lowest BCUT2D eigenvalue weighted by atomic mass is 10.0. The SMILES string of the molecule is CSCCC(NC(=O)C(CC(C)C)NC(=O)C(Cc1cnc[nH]1)NC(=O)CNC(=O)C(NC(=O)C(C)NC(=O)C(Cc1c[nH]c2ccccc12)NC(=O)C(CCC(N)=O)NC(=O)C(CC(N)=O)NC(=O)CNC(=O)C(Cc1ccc(O)cc1)NC(=O)C(CCCNC(=N)N)NC(=O)C(CCC(N)=O)NC(=O)C1CCC(=O)N1)C(C)C)C(N)=O. The zero-order valence-corrected chi connectivity index (χ0v) is 67.0. The van der Waals surface area contributed by atoms with Crippen LogP contribution in [0.4, 0.5) is 0 Å². The third-order valence-electron chi connectivity index (χ3n) is 18.4. The Balaban J connectivity index is 1.31. The third-order valence-corrected chi connectivity index (χ3v) is 19.1. The first-order chi connectivity index (χ1) is 55.8. The van der Waals surface area contributed by atoms with Crippen LogP contribution in [0, 0.1) is 17.2 Å². The molecule has 118 heavy (non-hydrogen) atoms. The molecule has 5 rings (SSSR count). The van der Waals surface area contributed by atoms with Crippen LogP contribution in [0.25, 0.3) is 10.9 Å². The maximum absolute atomic E-state index is 14.6. The van der Waals surface area contributed by atoms with Crippen LogP contribution < -0.4 is 108 Å². The predicted molar refractivity (Wildman–Crippen MR) is 427 cm³/mol. The molecule has 0 radical (unpaired) electrons. The number of nitrogens with zero attached hydrogens (tertiary/aromatic N) is 1. The number of guanidine groups is 1. The van der Waals surface area contributed by atoms with Crippen LogP contribution in [0.3, 0.4) is 0 Å². The first-order valence-corrected chi connectivity index (χ1v) is 39.4. The van der Waals surface area contributed by atoms with Gasteiger partial charge >= 0.3 is 0 Å². The zero-order valence-electron chi connectivity index (χ0n) is 66.2. The highest BCUT2D eigenvalue weighted by atomic mass is 32.2. The Bertz CT molecular complexity index is 4240. The number of rotatable bonds is 51. The number of phenolic OH excluding ortho intramolecular Hbond substituents is 1. The summed E-state index contributed by atoms with van der Waals surface area (Å²) in [7, 11) is 0. The number of phenols is 1. The van der Waals surface area contributed by atoms with Gasteiger partial charge in [-0.15, -0.1) is 0 Å². The number of hydrogen-bond acceptors (Lipinski definition) is 22. The van der Waals surface area contributed by atoms with Crippen molar-refractivity contribution in [3.8, 4) is 5.75 Å². The van der Waals surface area contributed by atoms with Gasteiger partial charge in [-0.3, -0.25) is 91.7 Å². The van der Waals surface area contributed by atoms with Crippen molar-refractivity contribution in [2.75, 3.05) is 31.6 Å². The van der Waals surface area contributed by atoms with Crippen LogP contribution in [-0.4, -0.2) is 236 Å². The largest absolute Gasteiger partial charge is 0.508 e. The van der Waals surface area contributed by atoms with Gasteiger partial charge in [0.2, 0.25) is 106 Å². The van der Waals surface area contributed by atoms with Gasteiger partial charge in [0.05, 0.1) is 25.8 Å². The van der Waals surface area contributed by atoms with E-state index in [0.29, 0.717) is 33.5 Å². The first kappa shape index (κ1) is 95.7. The second-order valence-corrected chi connectivity index (χ2v) is 29.9. The first-order valence-electron chi connectivity index (χ1n) is 38.0. The summed E-state index contributed by atoms with van der Waals surface area (Å²) in [6.45, 7) is 6.28. The lowest BCUT2D eigenvalue weighted by Gasteiger charge is -2.27. The number of carbonyl (C=O) groups is 18. The smallest absolute Gasteiger partial charge is 0.243 e. The number of para-hydroxylation sites is 1. The number of nitrogens with one attached hydrogen (secondary N) is 18. The number of aromatic amines is 2. The molecule has 12 unspecified atom stereocenters. The second kappa shape index (κ2) is 47.8. The second-order valence-electron chi connectivity index (χ2n) is 28.9. The molecule has 18 amide bonds. The van der Waals surface area contributed by atoms with Crippen LogP contribution in [0.1, 0.15) is 122 Å². The summed E-state index contributed by atoms with van der Waals surface area (Å²) in [4.78, 5) is 253. The Morgan fingerprint density at radius 1 is 0.542 bits per heavy atom. The molecule has 0 saturated carbocycles. The average Bonchev–Trinajstić information content (AvgIpc) is 1.62. The van der Waals surface area contributed by atoms with E-state index in [-0.39, 0.29) is 82.4 Å². The number of aromatic nitrogens is 3. The number of primary amides is 4. The minimum atomic E-state index is -1.94. The van der Waals surface area contributed by atoms with E-state index >= 15 is 0 Å². The van der Waals surface area contributed by atoms with E-state index in [1.807, 2.05) is 20.1 Å². The van der Waals surface area contributed by atoms with E-state index < -0.39 is 229 Å². The zero-order chi connectivity index (χ0) is 87.5. The van der Waals surface area contributed by atoms with Crippen LogP contribution >= 0.6 is 11.8 Å².